The van der Waals surface area contributed by atoms with Crippen LogP contribution in [0.5, 0.6) is 0 Å². The Morgan fingerprint density at radius 3 is 2.91 bits per heavy atom. The van der Waals surface area contributed by atoms with Crippen molar-refractivity contribution < 1.29 is 9.53 Å². The molecule has 3 rings (SSSR count). The molecule has 0 spiro atoms. The van der Waals surface area contributed by atoms with Crippen LogP contribution in [-0.2, 0) is 4.74 Å². The van der Waals surface area contributed by atoms with Crippen LogP contribution in [0.4, 0.5) is 0 Å². The van der Waals surface area contributed by atoms with Crippen LogP contribution in [0.15, 0.2) is 16.6 Å². The highest BCUT2D eigenvalue weighted by Gasteiger charge is 2.38. The van der Waals surface area contributed by atoms with Crippen molar-refractivity contribution in [2.45, 2.75) is 43.8 Å². The van der Waals surface area contributed by atoms with Gasteiger partial charge in [0.2, 0.25) is 5.82 Å². The number of carbonyl (C=O) groups is 1. The SMILES string of the molecule is C#CCCC1(CCNC(=O)c2ncnn2C2CCOCC2)N=N1. The van der Waals surface area contributed by atoms with Crippen LogP contribution in [0, 0.1) is 12.3 Å². The van der Waals surface area contributed by atoms with E-state index in [9.17, 15) is 4.79 Å². The maximum Gasteiger partial charge on any atom is 0.288 e. The van der Waals surface area contributed by atoms with Gasteiger partial charge in [0.05, 0.1) is 6.04 Å². The predicted octanol–water partition coefficient (Wildman–Crippen LogP) is 1.32. The molecule has 0 radical (unpaired) electrons. The van der Waals surface area contributed by atoms with Gasteiger partial charge in [-0.3, -0.25) is 4.79 Å². The van der Waals surface area contributed by atoms with Gasteiger partial charge in [-0.25, -0.2) is 9.67 Å². The van der Waals surface area contributed by atoms with Crippen molar-refractivity contribution in [3.8, 4) is 12.3 Å². The van der Waals surface area contributed by atoms with Gasteiger partial charge < -0.3 is 10.1 Å². The number of hydrogen-bond acceptors (Lipinski definition) is 6. The molecule has 3 heterocycles. The highest BCUT2D eigenvalue weighted by Crippen LogP contribution is 2.36. The maximum absolute atomic E-state index is 12.3. The van der Waals surface area contributed by atoms with Crippen LogP contribution >= 0.6 is 0 Å². The first kappa shape index (κ1) is 15.6. The molecule has 0 aliphatic carbocycles. The zero-order valence-electron chi connectivity index (χ0n) is 12.9. The third-order valence-corrected chi connectivity index (χ3v) is 4.18. The molecule has 1 aromatic rings. The van der Waals surface area contributed by atoms with Crippen molar-refractivity contribution >= 4 is 5.91 Å². The second-order valence-corrected chi connectivity index (χ2v) is 5.76. The standard InChI is InChI=1S/C15H20N6O2/c1-2-3-6-15(19-20-15)7-8-16-14(22)13-17-11-18-21(13)12-4-9-23-10-5-12/h1,11-12H,3-10H2,(H,16,22). The molecule has 1 aromatic heterocycles. The Kier molecular flexibility index (Phi) is 4.67. The van der Waals surface area contributed by atoms with Gasteiger partial charge in [0.15, 0.2) is 5.66 Å². The van der Waals surface area contributed by atoms with Crippen molar-refractivity contribution in [2.75, 3.05) is 19.8 Å². The first-order chi connectivity index (χ1) is 11.2. The molecule has 0 unspecified atom stereocenters. The van der Waals surface area contributed by atoms with Crippen molar-refractivity contribution in [1.29, 1.82) is 0 Å². The highest BCUT2D eigenvalue weighted by molar-refractivity contribution is 5.90. The summed E-state index contributed by atoms with van der Waals surface area (Å²) in [5.41, 5.74) is -0.381. The maximum atomic E-state index is 12.3. The molecule has 0 atom stereocenters. The summed E-state index contributed by atoms with van der Waals surface area (Å²) < 4.78 is 7.05. The summed E-state index contributed by atoms with van der Waals surface area (Å²) in [5, 5.41) is 15.2. The summed E-state index contributed by atoms with van der Waals surface area (Å²) in [7, 11) is 0. The lowest BCUT2D eigenvalue weighted by Crippen LogP contribution is -2.32. The second kappa shape index (κ2) is 6.87. The minimum atomic E-state index is -0.381. The van der Waals surface area contributed by atoms with Crippen molar-refractivity contribution in [1.82, 2.24) is 20.1 Å². The fourth-order valence-electron chi connectivity index (χ4n) is 2.73. The highest BCUT2D eigenvalue weighted by atomic mass is 16.5. The van der Waals surface area contributed by atoms with Crippen molar-refractivity contribution in [3.63, 3.8) is 0 Å². The molecule has 2 aliphatic rings. The molecule has 1 amide bonds. The topological polar surface area (TPSA) is 93.8 Å². The van der Waals surface area contributed by atoms with Crippen molar-refractivity contribution in [3.05, 3.63) is 12.2 Å². The molecule has 0 bridgehead atoms. The number of ether oxygens (including phenoxy) is 1. The molecule has 8 heteroatoms. The van der Waals surface area contributed by atoms with Gasteiger partial charge in [-0.05, 0) is 12.8 Å². The van der Waals surface area contributed by atoms with Crippen LogP contribution in [0.25, 0.3) is 0 Å². The zero-order chi connectivity index (χ0) is 16.1. The van der Waals surface area contributed by atoms with Gasteiger partial charge in [0, 0.05) is 39.0 Å². The number of nitrogens with zero attached hydrogens (tertiary/aromatic N) is 5. The Morgan fingerprint density at radius 1 is 1.43 bits per heavy atom. The van der Waals surface area contributed by atoms with Gasteiger partial charge in [0.1, 0.15) is 6.33 Å². The van der Waals surface area contributed by atoms with Crippen LogP contribution in [-0.4, -0.2) is 46.1 Å². The molecule has 1 fully saturated rings. The minimum Gasteiger partial charge on any atom is -0.381 e. The monoisotopic (exact) mass is 316 g/mol. The van der Waals surface area contributed by atoms with E-state index in [2.05, 4.69) is 31.5 Å². The Bertz CT molecular complexity index is 620. The smallest absolute Gasteiger partial charge is 0.288 e. The Hall–Kier alpha value is -2.27. The number of aromatic nitrogens is 3. The van der Waals surface area contributed by atoms with E-state index in [1.165, 1.54) is 6.33 Å². The molecular weight excluding hydrogens is 296 g/mol. The number of rotatable bonds is 7. The first-order valence-electron chi connectivity index (χ1n) is 7.87. The molecule has 23 heavy (non-hydrogen) atoms. The zero-order valence-corrected chi connectivity index (χ0v) is 12.9. The molecule has 0 aromatic carbocycles. The number of carbonyl (C=O) groups excluding carboxylic acids is 1. The summed E-state index contributed by atoms with van der Waals surface area (Å²) in [6, 6.07) is 0.169. The number of terminal acetylenes is 1. The van der Waals surface area contributed by atoms with Gasteiger partial charge in [-0.2, -0.15) is 15.3 Å². The largest absolute Gasteiger partial charge is 0.381 e. The lowest BCUT2D eigenvalue weighted by atomic mass is 10.0. The molecule has 122 valence electrons. The quantitative estimate of drug-likeness (QED) is 0.768. The number of nitrogens with one attached hydrogen (secondary N) is 1. The van der Waals surface area contributed by atoms with Crippen LogP contribution in [0.1, 0.15) is 48.8 Å². The van der Waals surface area contributed by atoms with Crippen LogP contribution in [0.3, 0.4) is 0 Å². The first-order valence-corrected chi connectivity index (χ1v) is 7.87. The molecular formula is C15H20N6O2. The minimum absolute atomic E-state index is 0.169. The molecule has 1 saturated heterocycles. The summed E-state index contributed by atoms with van der Waals surface area (Å²) in [5.74, 6) is 2.72. The normalized spacial score (nSPS) is 19.3. The van der Waals surface area contributed by atoms with E-state index in [1.54, 1.807) is 4.68 Å². The second-order valence-electron chi connectivity index (χ2n) is 5.76. The lowest BCUT2D eigenvalue weighted by molar-refractivity contribution is 0.0639. The van der Waals surface area contributed by atoms with E-state index in [4.69, 9.17) is 11.2 Å². The molecule has 0 saturated carbocycles. The number of hydrogen-bond donors (Lipinski definition) is 1. The van der Waals surface area contributed by atoms with Gasteiger partial charge in [-0.1, -0.05) is 0 Å². The average Bonchev–Trinajstić information content (AvgIpc) is 3.17. The van der Waals surface area contributed by atoms with Gasteiger partial charge >= 0.3 is 0 Å². The average molecular weight is 316 g/mol. The van der Waals surface area contributed by atoms with Gasteiger partial charge in [0.25, 0.3) is 5.91 Å². The van der Waals surface area contributed by atoms with Crippen LogP contribution < -0.4 is 5.32 Å². The fraction of sp³-hybridized carbons (Fsp3) is 0.667. The Labute approximate surface area is 134 Å². The lowest BCUT2D eigenvalue weighted by Gasteiger charge is -2.23. The predicted molar refractivity (Wildman–Crippen MR) is 81.7 cm³/mol. The fourth-order valence-corrected chi connectivity index (χ4v) is 2.73. The van der Waals surface area contributed by atoms with E-state index in [0.29, 0.717) is 38.4 Å². The van der Waals surface area contributed by atoms with E-state index in [1.807, 2.05) is 0 Å². The summed E-state index contributed by atoms with van der Waals surface area (Å²) in [6.45, 7) is 1.86. The summed E-state index contributed by atoms with van der Waals surface area (Å²) in [4.78, 5) is 16.4. The van der Waals surface area contributed by atoms with Crippen LogP contribution in [0.2, 0.25) is 0 Å². The Morgan fingerprint density at radius 2 is 2.22 bits per heavy atom. The third kappa shape index (κ3) is 3.74. The van der Waals surface area contributed by atoms with E-state index in [-0.39, 0.29) is 17.6 Å². The van der Waals surface area contributed by atoms with E-state index < -0.39 is 0 Å². The van der Waals surface area contributed by atoms with Crippen molar-refractivity contribution in [2.24, 2.45) is 10.2 Å². The molecule has 1 N–H and O–H groups in total. The van der Waals surface area contributed by atoms with E-state index >= 15 is 0 Å². The summed E-state index contributed by atoms with van der Waals surface area (Å²) in [6.07, 6.45) is 10.4. The van der Waals surface area contributed by atoms with E-state index in [0.717, 1.165) is 19.3 Å². The number of amides is 1. The molecule has 8 nitrogen and oxygen atoms in total. The summed E-state index contributed by atoms with van der Waals surface area (Å²) >= 11 is 0. The molecule has 2 aliphatic heterocycles. The Balaban J connectivity index is 1.51. The van der Waals surface area contributed by atoms with Gasteiger partial charge in [-0.15, -0.1) is 12.3 Å². The third-order valence-electron chi connectivity index (χ3n) is 4.18.